The number of pyridine rings is 1. The highest BCUT2D eigenvalue weighted by Crippen LogP contribution is 2.23. The van der Waals surface area contributed by atoms with E-state index in [1.807, 2.05) is 22.8 Å². The Labute approximate surface area is 154 Å². The van der Waals surface area contributed by atoms with E-state index in [1.165, 1.54) is 12.8 Å². The van der Waals surface area contributed by atoms with Crippen LogP contribution in [0.3, 0.4) is 0 Å². The van der Waals surface area contributed by atoms with Gasteiger partial charge in [0.2, 0.25) is 0 Å². The number of fused-ring (bicyclic) bond motifs is 1. The van der Waals surface area contributed by atoms with E-state index in [2.05, 4.69) is 57.3 Å². The number of hydrogen-bond donors (Lipinski definition) is 1. The Morgan fingerprint density at radius 1 is 1.23 bits per heavy atom. The second-order valence-electron chi connectivity index (χ2n) is 7.35. The molecule has 0 saturated carbocycles. The van der Waals surface area contributed by atoms with Crippen LogP contribution in [-0.4, -0.2) is 39.2 Å². The fourth-order valence-corrected chi connectivity index (χ4v) is 3.58. The van der Waals surface area contributed by atoms with Crippen LogP contribution in [0.4, 0.5) is 11.6 Å². The lowest BCUT2D eigenvalue weighted by Crippen LogP contribution is -2.38. The monoisotopic (exact) mass is 350 g/mol. The van der Waals surface area contributed by atoms with Crippen molar-refractivity contribution in [3.63, 3.8) is 0 Å². The first-order valence-corrected chi connectivity index (χ1v) is 9.45. The lowest BCUT2D eigenvalue weighted by atomic mass is 9.98. The van der Waals surface area contributed by atoms with E-state index in [9.17, 15) is 0 Å². The predicted molar refractivity (Wildman–Crippen MR) is 105 cm³/mol. The van der Waals surface area contributed by atoms with Gasteiger partial charge in [0.25, 0.3) is 0 Å². The maximum atomic E-state index is 4.69. The minimum absolute atomic E-state index is 0.393. The first-order chi connectivity index (χ1) is 12.7. The van der Waals surface area contributed by atoms with Gasteiger partial charge in [0.05, 0.1) is 6.20 Å². The second-order valence-corrected chi connectivity index (χ2v) is 7.35. The normalized spacial score (nSPS) is 17.8. The van der Waals surface area contributed by atoms with E-state index in [4.69, 9.17) is 0 Å². The Balaban J connectivity index is 1.47. The smallest absolute Gasteiger partial charge is 0.157 e. The Hall–Kier alpha value is -2.63. The lowest BCUT2D eigenvalue weighted by Gasteiger charge is -2.33. The molecule has 136 valence electrons. The van der Waals surface area contributed by atoms with Crippen molar-refractivity contribution >= 4 is 17.3 Å². The molecule has 0 aromatic carbocycles. The van der Waals surface area contributed by atoms with E-state index in [0.29, 0.717) is 11.8 Å². The van der Waals surface area contributed by atoms with Crippen LogP contribution < -0.4 is 10.2 Å². The molecule has 0 bridgehead atoms. The third-order valence-corrected chi connectivity index (χ3v) is 5.03. The molecule has 1 N–H and O–H groups in total. The van der Waals surface area contributed by atoms with E-state index in [-0.39, 0.29) is 0 Å². The molecule has 3 aromatic heterocycles. The maximum Gasteiger partial charge on any atom is 0.157 e. The molecule has 0 aliphatic carbocycles. The second kappa shape index (κ2) is 7.32. The van der Waals surface area contributed by atoms with E-state index >= 15 is 0 Å². The van der Waals surface area contributed by atoms with Crippen LogP contribution in [0.25, 0.3) is 5.65 Å². The Morgan fingerprint density at radius 2 is 2.15 bits per heavy atom. The maximum absolute atomic E-state index is 4.69. The summed E-state index contributed by atoms with van der Waals surface area (Å²) in [5.74, 6) is 3.09. The molecule has 1 saturated heterocycles. The summed E-state index contributed by atoms with van der Waals surface area (Å²) < 4.78 is 1.89. The fourth-order valence-electron chi connectivity index (χ4n) is 3.58. The zero-order valence-electron chi connectivity index (χ0n) is 15.5. The largest absolute Gasteiger partial charge is 0.370 e. The van der Waals surface area contributed by atoms with Gasteiger partial charge in [-0.25, -0.2) is 9.97 Å². The van der Waals surface area contributed by atoms with Gasteiger partial charge in [-0.1, -0.05) is 19.9 Å². The van der Waals surface area contributed by atoms with Crippen LogP contribution in [-0.2, 0) is 0 Å². The zero-order valence-corrected chi connectivity index (χ0v) is 15.5. The number of nitrogens with zero attached hydrogens (tertiary/aromatic N) is 5. The van der Waals surface area contributed by atoms with Gasteiger partial charge in [-0.3, -0.25) is 0 Å². The van der Waals surface area contributed by atoms with Crippen molar-refractivity contribution < 1.29 is 0 Å². The molecule has 1 aliphatic heterocycles. The molecular weight excluding hydrogens is 324 g/mol. The molecule has 1 atom stereocenters. The van der Waals surface area contributed by atoms with Crippen molar-refractivity contribution in [2.45, 2.75) is 32.6 Å². The van der Waals surface area contributed by atoms with Crippen molar-refractivity contribution in [1.82, 2.24) is 19.6 Å². The van der Waals surface area contributed by atoms with Gasteiger partial charge in [0.1, 0.15) is 11.6 Å². The summed E-state index contributed by atoms with van der Waals surface area (Å²) in [4.78, 5) is 11.6. The summed E-state index contributed by atoms with van der Waals surface area (Å²) in [5.41, 5.74) is 2.00. The molecule has 0 amide bonds. The van der Waals surface area contributed by atoms with Crippen LogP contribution in [0.15, 0.2) is 42.7 Å². The summed E-state index contributed by atoms with van der Waals surface area (Å²) in [6.07, 6.45) is 6.12. The first-order valence-electron chi connectivity index (χ1n) is 9.45. The van der Waals surface area contributed by atoms with E-state index in [1.54, 1.807) is 6.20 Å². The third kappa shape index (κ3) is 3.49. The van der Waals surface area contributed by atoms with Gasteiger partial charge in [0.15, 0.2) is 5.65 Å². The van der Waals surface area contributed by atoms with E-state index in [0.717, 1.165) is 42.6 Å². The van der Waals surface area contributed by atoms with Crippen molar-refractivity contribution in [2.75, 3.05) is 29.9 Å². The highest BCUT2D eigenvalue weighted by atomic mass is 15.3. The molecule has 3 aromatic rings. The van der Waals surface area contributed by atoms with Gasteiger partial charge in [-0.2, -0.15) is 9.61 Å². The summed E-state index contributed by atoms with van der Waals surface area (Å²) in [5, 5.41) is 8.04. The summed E-state index contributed by atoms with van der Waals surface area (Å²) >= 11 is 0. The standard InChI is InChI=1S/C20H26N6/c1-15(2)17-12-20(26-19(24-17)8-10-23-26)22-13-16-6-5-11-25(14-16)18-7-3-4-9-21-18/h3-4,7-10,12,15-16,22H,5-6,11,13-14H2,1-2H3/t16-/m1/s1. The van der Waals surface area contributed by atoms with Crippen molar-refractivity contribution in [1.29, 1.82) is 0 Å². The van der Waals surface area contributed by atoms with Gasteiger partial charge < -0.3 is 10.2 Å². The van der Waals surface area contributed by atoms with Gasteiger partial charge in [-0.05, 0) is 36.8 Å². The molecule has 26 heavy (non-hydrogen) atoms. The van der Waals surface area contributed by atoms with Crippen molar-refractivity contribution in [3.8, 4) is 0 Å². The van der Waals surface area contributed by atoms with Crippen LogP contribution in [0.2, 0.25) is 0 Å². The third-order valence-electron chi connectivity index (χ3n) is 5.03. The van der Waals surface area contributed by atoms with Crippen molar-refractivity contribution in [2.24, 2.45) is 5.92 Å². The minimum atomic E-state index is 0.393. The van der Waals surface area contributed by atoms with Crippen LogP contribution in [0.1, 0.15) is 38.3 Å². The topological polar surface area (TPSA) is 58.4 Å². The Morgan fingerprint density at radius 3 is 2.96 bits per heavy atom. The average Bonchev–Trinajstić information content (AvgIpc) is 3.16. The lowest BCUT2D eigenvalue weighted by molar-refractivity contribution is 0.429. The average molecular weight is 350 g/mol. The number of aromatic nitrogens is 4. The van der Waals surface area contributed by atoms with Crippen LogP contribution in [0, 0.1) is 5.92 Å². The number of hydrogen-bond acceptors (Lipinski definition) is 5. The molecule has 0 unspecified atom stereocenters. The molecule has 4 rings (SSSR count). The van der Waals surface area contributed by atoms with Crippen LogP contribution >= 0.6 is 0 Å². The summed E-state index contributed by atoms with van der Waals surface area (Å²) in [6.45, 7) is 7.40. The molecule has 1 aliphatic rings. The first kappa shape index (κ1) is 16.8. The van der Waals surface area contributed by atoms with E-state index < -0.39 is 0 Å². The Kier molecular flexibility index (Phi) is 4.73. The number of anilines is 2. The summed E-state index contributed by atoms with van der Waals surface area (Å²) in [6, 6.07) is 10.2. The molecule has 0 radical (unpaired) electrons. The molecular formula is C20H26N6. The van der Waals surface area contributed by atoms with Crippen LogP contribution in [0.5, 0.6) is 0 Å². The molecule has 6 nitrogen and oxygen atoms in total. The highest BCUT2D eigenvalue weighted by Gasteiger charge is 2.21. The number of rotatable bonds is 5. The zero-order chi connectivity index (χ0) is 17.9. The molecule has 0 spiro atoms. The fraction of sp³-hybridized carbons (Fsp3) is 0.450. The predicted octanol–water partition coefficient (Wildman–Crippen LogP) is 3.58. The number of nitrogens with one attached hydrogen (secondary N) is 1. The highest BCUT2D eigenvalue weighted by molar-refractivity contribution is 5.49. The SMILES string of the molecule is CC(C)c1cc(NC[C@H]2CCCN(c3ccccn3)C2)n2nccc2n1. The molecule has 1 fully saturated rings. The van der Waals surface area contributed by atoms with Crippen molar-refractivity contribution in [3.05, 3.63) is 48.4 Å². The van der Waals surface area contributed by atoms with Gasteiger partial charge >= 0.3 is 0 Å². The van der Waals surface area contributed by atoms with Gasteiger partial charge in [0, 0.05) is 43.7 Å². The number of piperidine rings is 1. The molecule has 6 heteroatoms. The molecule has 4 heterocycles. The summed E-state index contributed by atoms with van der Waals surface area (Å²) in [7, 11) is 0. The van der Waals surface area contributed by atoms with Gasteiger partial charge in [-0.15, -0.1) is 0 Å². The quantitative estimate of drug-likeness (QED) is 0.762. The minimum Gasteiger partial charge on any atom is -0.370 e. The Bertz CT molecular complexity index is 857.